The predicted octanol–water partition coefficient (Wildman–Crippen LogP) is 1.95. The highest BCUT2D eigenvalue weighted by atomic mass is 79.9. The number of hydrogen-bond acceptors (Lipinski definition) is 5. The van der Waals surface area contributed by atoms with Crippen LogP contribution in [0.2, 0.25) is 0 Å². The second-order valence-electron chi connectivity index (χ2n) is 5.59. The molecule has 1 rings (SSSR count). The number of hydrogen-bond donors (Lipinski definition) is 0. The van der Waals surface area contributed by atoms with E-state index >= 15 is 0 Å². The molecular weight excluding hydrogens is 330 g/mol. The maximum atomic E-state index is 12.1. The second kappa shape index (κ2) is 7.26. The van der Waals surface area contributed by atoms with Gasteiger partial charge in [0.1, 0.15) is 11.6 Å². The Hall–Kier alpha value is -0.820. The van der Waals surface area contributed by atoms with Crippen molar-refractivity contribution in [3.8, 4) is 0 Å². The predicted molar refractivity (Wildman–Crippen MR) is 76.9 cm³/mol. The van der Waals surface area contributed by atoms with E-state index in [4.69, 9.17) is 14.2 Å². The SMILES string of the molecule is COC(=O)C1C[C@H](OCCBr)CN1C(=O)OC(C)(C)C. The number of nitrogens with zero attached hydrogens (tertiary/aromatic N) is 1. The summed E-state index contributed by atoms with van der Waals surface area (Å²) in [5.74, 6) is -0.444. The Labute approximate surface area is 127 Å². The molecule has 2 atom stereocenters. The van der Waals surface area contributed by atoms with Crippen molar-refractivity contribution in [1.29, 1.82) is 0 Å². The molecule has 1 aliphatic rings. The van der Waals surface area contributed by atoms with Gasteiger partial charge in [0, 0.05) is 11.8 Å². The van der Waals surface area contributed by atoms with Crippen molar-refractivity contribution >= 4 is 28.0 Å². The molecule has 1 unspecified atom stereocenters. The maximum Gasteiger partial charge on any atom is 0.411 e. The summed E-state index contributed by atoms with van der Waals surface area (Å²) in [5, 5.41) is 0.707. The van der Waals surface area contributed by atoms with Crippen molar-refractivity contribution in [2.45, 2.75) is 44.9 Å². The third-order valence-corrected chi connectivity index (χ3v) is 3.12. The lowest BCUT2D eigenvalue weighted by atomic mass is 10.2. The molecule has 7 heteroatoms. The number of esters is 1. The Morgan fingerprint density at radius 3 is 2.50 bits per heavy atom. The summed E-state index contributed by atoms with van der Waals surface area (Å²) in [5.41, 5.74) is -0.605. The fraction of sp³-hybridized carbons (Fsp3) is 0.846. The van der Waals surface area contributed by atoms with E-state index < -0.39 is 23.7 Å². The number of ether oxygens (including phenoxy) is 3. The van der Waals surface area contributed by atoms with E-state index in [0.717, 1.165) is 0 Å². The van der Waals surface area contributed by atoms with Gasteiger partial charge in [-0.15, -0.1) is 0 Å². The second-order valence-corrected chi connectivity index (χ2v) is 6.38. The van der Waals surface area contributed by atoms with Gasteiger partial charge < -0.3 is 14.2 Å². The first-order valence-corrected chi connectivity index (χ1v) is 7.65. The summed E-state index contributed by atoms with van der Waals surface area (Å²) in [6.45, 7) is 6.22. The zero-order chi connectivity index (χ0) is 15.3. The zero-order valence-corrected chi connectivity index (χ0v) is 13.9. The van der Waals surface area contributed by atoms with E-state index in [2.05, 4.69) is 15.9 Å². The molecule has 0 saturated carbocycles. The lowest BCUT2D eigenvalue weighted by Crippen LogP contribution is -2.44. The molecule has 6 nitrogen and oxygen atoms in total. The fourth-order valence-electron chi connectivity index (χ4n) is 2.01. The largest absolute Gasteiger partial charge is 0.467 e. The summed E-state index contributed by atoms with van der Waals surface area (Å²) in [7, 11) is 1.31. The highest BCUT2D eigenvalue weighted by Gasteiger charge is 2.42. The summed E-state index contributed by atoms with van der Waals surface area (Å²) in [4.78, 5) is 25.3. The molecule has 20 heavy (non-hydrogen) atoms. The summed E-state index contributed by atoms with van der Waals surface area (Å²) in [6, 6.07) is -0.643. The molecule has 0 bridgehead atoms. The van der Waals surface area contributed by atoms with E-state index in [9.17, 15) is 9.59 Å². The van der Waals surface area contributed by atoms with E-state index in [1.807, 2.05) is 0 Å². The maximum absolute atomic E-state index is 12.1. The summed E-state index contributed by atoms with van der Waals surface area (Å²) >= 11 is 3.28. The lowest BCUT2D eigenvalue weighted by Gasteiger charge is -2.27. The first-order chi connectivity index (χ1) is 9.28. The van der Waals surface area contributed by atoms with Crippen LogP contribution < -0.4 is 0 Å². The molecule has 0 radical (unpaired) electrons. The molecule has 0 aromatic heterocycles. The average Bonchev–Trinajstić information content (AvgIpc) is 2.77. The molecule has 1 heterocycles. The summed E-state index contributed by atoms with van der Waals surface area (Å²) in [6.07, 6.45) is -0.263. The normalized spacial score (nSPS) is 22.8. The number of carbonyl (C=O) groups excluding carboxylic acids is 2. The molecule has 1 aliphatic heterocycles. The molecule has 0 N–H and O–H groups in total. The zero-order valence-electron chi connectivity index (χ0n) is 12.3. The molecule has 1 saturated heterocycles. The molecule has 0 aliphatic carbocycles. The van der Waals surface area contributed by atoms with Crippen LogP contribution >= 0.6 is 15.9 Å². The molecule has 1 fully saturated rings. The molecule has 0 aromatic carbocycles. The van der Waals surface area contributed by atoms with Crippen LogP contribution in [-0.4, -0.2) is 60.3 Å². The van der Waals surface area contributed by atoms with Crippen LogP contribution in [0.4, 0.5) is 4.79 Å². The Kier molecular flexibility index (Phi) is 6.26. The van der Waals surface area contributed by atoms with Gasteiger partial charge in [0.15, 0.2) is 0 Å². The molecule has 116 valence electrons. The van der Waals surface area contributed by atoms with Gasteiger partial charge in [-0.1, -0.05) is 15.9 Å². The fourth-order valence-corrected chi connectivity index (χ4v) is 2.20. The topological polar surface area (TPSA) is 65.1 Å². The van der Waals surface area contributed by atoms with Crippen molar-refractivity contribution in [2.75, 3.05) is 25.6 Å². The Morgan fingerprint density at radius 2 is 2.00 bits per heavy atom. The summed E-state index contributed by atoms with van der Waals surface area (Å²) < 4.78 is 15.6. The Morgan fingerprint density at radius 1 is 1.35 bits per heavy atom. The Balaban J connectivity index is 2.73. The number of alkyl halides is 1. The van der Waals surface area contributed by atoms with Gasteiger partial charge >= 0.3 is 12.1 Å². The van der Waals surface area contributed by atoms with Gasteiger partial charge in [-0.3, -0.25) is 4.90 Å². The number of likely N-dealkylation sites (tertiary alicyclic amines) is 1. The monoisotopic (exact) mass is 351 g/mol. The van der Waals surface area contributed by atoms with Gasteiger partial charge in [0.05, 0.1) is 26.4 Å². The molecule has 0 aromatic rings. The standard InChI is InChI=1S/C13H22BrNO5/c1-13(2,3)20-12(17)15-8-9(19-6-5-14)7-10(15)11(16)18-4/h9-10H,5-8H2,1-4H3/t9-,10?/m0/s1. The van der Waals surface area contributed by atoms with Crippen LogP contribution in [0.1, 0.15) is 27.2 Å². The minimum atomic E-state index is -0.643. The highest BCUT2D eigenvalue weighted by molar-refractivity contribution is 9.09. The first kappa shape index (κ1) is 17.2. The van der Waals surface area contributed by atoms with Crippen LogP contribution in [-0.2, 0) is 19.0 Å². The van der Waals surface area contributed by atoms with Crippen LogP contribution in [0.5, 0.6) is 0 Å². The van der Waals surface area contributed by atoms with Gasteiger partial charge in [0.2, 0.25) is 0 Å². The minimum absolute atomic E-state index is 0.177. The molecule has 1 amide bonds. The van der Waals surface area contributed by atoms with Gasteiger partial charge in [0.25, 0.3) is 0 Å². The minimum Gasteiger partial charge on any atom is -0.467 e. The van der Waals surface area contributed by atoms with Crippen molar-refractivity contribution in [3.05, 3.63) is 0 Å². The van der Waals surface area contributed by atoms with E-state index in [1.165, 1.54) is 12.0 Å². The van der Waals surface area contributed by atoms with Gasteiger partial charge in [-0.05, 0) is 20.8 Å². The van der Waals surface area contributed by atoms with Gasteiger partial charge in [-0.2, -0.15) is 0 Å². The highest BCUT2D eigenvalue weighted by Crippen LogP contribution is 2.24. The van der Waals surface area contributed by atoms with Crippen LogP contribution in [0.25, 0.3) is 0 Å². The van der Waals surface area contributed by atoms with Crippen LogP contribution in [0, 0.1) is 0 Å². The third kappa shape index (κ3) is 4.94. The number of methoxy groups -OCH3 is 1. The number of amides is 1. The van der Waals surface area contributed by atoms with Crippen molar-refractivity contribution in [3.63, 3.8) is 0 Å². The Bertz CT molecular complexity index is 355. The van der Waals surface area contributed by atoms with Crippen molar-refractivity contribution in [2.24, 2.45) is 0 Å². The average molecular weight is 352 g/mol. The number of carbonyl (C=O) groups is 2. The molecule has 0 spiro atoms. The third-order valence-electron chi connectivity index (χ3n) is 2.79. The van der Waals surface area contributed by atoms with Gasteiger partial charge in [-0.25, -0.2) is 9.59 Å². The van der Waals surface area contributed by atoms with E-state index in [1.54, 1.807) is 20.8 Å². The van der Waals surface area contributed by atoms with Crippen LogP contribution in [0.3, 0.4) is 0 Å². The lowest BCUT2D eigenvalue weighted by molar-refractivity contribution is -0.145. The van der Waals surface area contributed by atoms with Crippen molar-refractivity contribution in [1.82, 2.24) is 4.90 Å². The van der Waals surface area contributed by atoms with E-state index in [-0.39, 0.29) is 6.10 Å². The smallest absolute Gasteiger partial charge is 0.411 e. The van der Waals surface area contributed by atoms with Crippen LogP contribution in [0.15, 0.2) is 0 Å². The van der Waals surface area contributed by atoms with Crippen molar-refractivity contribution < 1.29 is 23.8 Å². The quantitative estimate of drug-likeness (QED) is 0.572. The molecular formula is C13H22BrNO5. The van der Waals surface area contributed by atoms with E-state index in [0.29, 0.717) is 24.9 Å². The number of rotatable bonds is 4. The first-order valence-electron chi connectivity index (χ1n) is 6.53. The number of halogens is 1.